The van der Waals surface area contributed by atoms with Crippen molar-refractivity contribution in [2.45, 2.75) is 32.1 Å². The van der Waals surface area contributed by atoms with Gasteiger partial charge in [-0.3, -0.25) is 9.69 Å². The van der Waals surface area contributed by atoms with Gasteiger partial charge in [0.2, 0.25) is 5.91 Å². The average Bonchev–Trinajstić information content (AvgIpc) is 3.12. The van der Waals surface area contributed by atoms with E-state index in [-0.39, 0.29) is 0 Å². The molecule has 2 saturated heterocycles. The Kier molecular flexibility index (Phi) is 4.58. The highest BCUT2D eigenvalue weighted by Crippen LogP contribution is 2.20. The third-order valence-electron chi connectivity index (χ3n) is 4.81. The van der Waals surface area contributed by atoms with Crippen LogP contribution in [0.1, 0.15) is 31.5 Å². The summed E-state index contributed by atoms with van der Waals surface area (Å²) >= 11 is 0. The van der Waals surface area contributed by atoms with E-state index in [1.54, 1.807) is 0 Å². The molecule has 2 fully saturated rings. The van der Waals surface area contributed by atoms with E-state index in [9.17, 15) is 4.79 Å². The Morgan fingerprint density at radius 2 is 2.10 bits per heavy atom. The summed E-state index contributed by atoms with van der Waals surface area (Å²) < 4.78 is 2.11. The number of amides is 1. The average molecular weight is 290 g/mol. The van der Waals surface area contributed by atoms with Crippen molar-refractivity contribution in [3.8, 4) is 0 Å². The minimum atomic E-state index is 0.324. The molecule has 1 aromatic rings. The molecule has 1 amide bonds. The maximum Gasteiger partial charge on any atom is 0.236 e. The molecule has 0 bridgehead atoms. The predicted octanol–water partition coefficient (Wildman–Crippen LogP) is 1.30. The highest BCUT2D eigenvalue weighted by Gasteiger charge is 2.25. The second-order valence-corrected chi connectivity index (χ2v) is 6.49. The van der Waals surface area contributed by atoms with Crippen molar-refractivity contribution in [2.24, 2.45) is 13.0 Å². The Labute approximate surface area is 126 Å². The van der Waals surface area contributed by atoms with Gasteiger partial charge >= 0.3 is 0 Å². The van der Waals surface area contributed by atoms with Crippen molar-refractivity contribution in [3.05, 3.63) is 18.2 Å². The van der Waals surface area contributed by atoms with Gasteiger partial charge in [0.15, 0.2) is 0 Å². The van der Waals surface area contributed by atoms with Gasteiger partial charge in [-0.2, -0.15) is 0 Å². The van der Waals surface area contributed by atoms with Gasteiger partial charge in [0.1, 0.15) is 5.82 Å². The van der Waals surface area contributed by atoms with Crippen molar-refractivity contribution in [3.63, 3.8) is 0 Å². The zero-order valence-electron chi connectivity index (χ0n) is 13.0. The van der Waals surface area contributed by atoms with Crippen molar-refractivity contribution >= 4 is 5.91 Å². The molecule has 2 aliphatic heterocycles. The van der Waals surface area contributed by atoms with Gasteiger partial charge in [0.05, 0.1) is 6.54 Å². The molecule has 5 nitrogen and oxygen atoms in total. The monoisotopic (exact) mass is 290 g/mol. The van der Waals surface area contributed by atoms with Gasteiger partial charge < -0.3 is 9.47 Å². The van der Waals surface area contributed by atoms with Crippen LogP contribution in [-0.4, -0.2) is 58.0 Å². The summed E-state index contributed by atoms with van der Waals surface area (Å²) in [4.78, 5) is 21.1. The molecular formula is C16H26N4O. The van der Waals surface area contributed by atoms with E-state index in [0.717, 1.165) is 38.4 Å². The molecule has 5 heteroatoms. The number of aromatic nitrogens is 2. The van der Waals surface area contributed by atoms with Gasteiger partial charge in [-0.05, 0) is 38.1 Å². The molecule has 0 aromatic carbocycles. The number of nitrogens with zero attached hydrogens (tertiary/aromatic N) is 4. The fourth-order valence-corrected chi connectivity index (χ4v) is 3.57. The molecule has 21 heavy (non-hydrogen) atoms. The van der Waals surface area contributed by atoms with Crippen LogP contribution >= 0.6 is 0 Å². The minimum Gasteiger partial charge on any atom is -0.342 e. The van der Waals surface area contributed by atoms with E-state index in [1.165, 1.54) is 25.7 Å². The van der Waals surface area contributed by atoms with Crippen LogP contribution in [0.3, 0.4) is 0 Å². The van der Waals surface area contributed by atoms with Crippen LogP contribution in [-0.2, 0) is 18.3 Å². The van der Waals surface area contributed by atoms with Crippen LogP contribution in [0.2, 0.25) is 0 Å². The molecule has 0 saturated carbocycles. The van der Waals surface area contributed by atoms with E-state index in [0.29, 0.717) is 18.4 Å². The summed E-state index contributed by atoms with van der Waals surface area (Å²) in [6.45, 7) is 4.63. The normalized spacial score (nSPS) is 23.7. The summed E-state index contributed by atoms with van der Waals surface area (Å²) in [7, 11) is 2.06. The number of piperidine rings is 1. The molecule has 0 aliphatic carbocycles. The number of carbonyl (C=O) groups excluding carboxylic acids is 1. The first-order chi connectivity index (χ1) is 10.2. The van der Waals surface area contributed by atoms with Gasteiger partial charge in [-0.1, -0.05) is 0 Å². The maximum atomic E-state index is 12.3. The van der Waals surface area contributed by atoms with E-state index in [4.69, 9.17) is 0 Å². The molecule has 0 spiro atoms. The predicted molar refractivity (Wildman–Crippen MR) is 81.9 cm³/mol. The van der Waals surface area contributed by atoms with Gasteiger partial charge in [0.25, 0.3) is 0 Å². The Bertz CT molecular complexity index is 478. The molecule has 3 heterocycles. The SMILES string of the molecule is Cn1ccnc1C[C@@H]1CCCN(CC(=O)N2CCCC2)C1. The van der Waals surface area contributed by atoms with Crippen molar-refractivity contribution in [1.82, 2.24) is 19.4 Å². The standard InChI is InChI=1S/C16H26N4O/c1-18-10-6-17-15(18)11-14-5-4-7-19(12-14)13-16(21)20-8-2-3-9-20/h6,10,14H,2-5,7-9,11-13H2,1H3/t14-/m0/s1. The van der Waals surface area contributed by atoms with Crippen molar-refractivity contribution in [2.75, 3.05) is 32.7 Å². The Morgan fingerprint density at radius 1 is 1.29 bits per heavy atom. The number of hydrogen-bond acceptors (Lipinski definition) is 3. The number of imidazole rings is 1. The fraction of sp³-hybridized carbons (Fsp3) is 0.750. The summed E-state index contributed by atoms with van der Waals surface area (Å²) in [5, 5.41) is 0. The zero-order chi connectivity index (χ0) is 14.7. The Hall–Kier alpha value is -1.36. The molecule has 116 valence electrons. The number of hydrogen-bond donors (Lipinski definition) is 0. The van der Waals surface area contributed by atoms with E-state index < -0.39 is 0 Å². The maximum absolute atomic E-state index is 12.3. The first-order valence-corrected chi connectivity index (χ1v) is 8.18. The highest BCUT2D eigenvalue weighted by molar-refractivity contribution is 5.78. The van der Waals surface area contributed by atoms with Crippen LogP contribution in [0.15, 0.2) is 12.4 Å². The van der Waals surface area contributed by atoms with Crippen LogP contribution in [0.5, 0.6) is 0 Å². The molecule has 0 unspecified atom stereocenters. The summed E-state index contributed by atoms with van der Waals surface area (Å²) in [5.74, 6) is 2.11. The van der Waals surface area contributed by atoms with Crippen molar-refractivity contribution < 1.29 is 4.79 Å². The van der Waals surface area contributed by atoms with E-state index >= 15 is 0 Å². The van der Waals surface area contributed by atoms with Crippen LogP contribution in [0.4, 0.5) is 0 Å². The smallest absolute Gasteiger partial charge is 0.236 e. The topological polar surface area (TPSA) is 41.4 Å². The van der Waals surface area contributed by atoms with Crippen LogP contribution in [0.25, 0.3) is 0 Å². The van der Waals surface area contributed by atoms with Gasteiger partial charge in [0, 0.05) is 45.5 Å². The first kappa shape index (κ1) is 14.6. The molecule has 1 atom stereocenters. The number of aryl methyl sites for hydroxylation is 1. The lowest BCUT2D eigenvalue weighted by Gasteiger charge is -2.33. The molecular weight excluding hydrogens is 264 g/mol. The molecule has 3 rings (SSSR count). The lowest BCUT2D eigenvalue weighted by Crippen LogP contribution is -2.43. The summed E-state index contributed by atoms with van der Waals surface area (Å²) in [6, 6.07) is 0. The second kappa shape index (κ2) is 6.60. The first-order valence-electron chi connectivity index (χ1n) is 8.18. The summed E-state index contributed by atoms with van der Waals surface area (Å²) in [6.07, 6.45) is 9.70. The Morgan fingerprint density at radius 3 is 2.81 bits per heavy atom. The number of likely N-dealkylation sites (tertiary alicyclic amines) is 2. The Balaban J connectivity index is 1.51. The largest absolute Gasteiger partial charge is 0.342 e. The summed E-state index contributed by atoms with van der Waals surface area (Å²) in [5.41, 5.74) is 0. The van der Waals surface area contributed by atoms with Crippen LogP contribution < -0.4 is 0 Å². The van der Waals surface area contributed by atoms with E-state index in [1.807, 2.05) is 17.3 Å². The minimum absolute atomic E-state index is 0.324. The molecule has 0 radical (unpaired) electrons. The lowest BCUT2D eigenvalue weighted by molar-refractivity contribution is -0.131. The van der Waals surface area contributed by atoms with Crippen LogP contribution in [0, 0.1) is 5.92 Å². The molecule has 1 aromatic heterocycles. The van der Waals surface area contributed by atoms with Crippen molar-refractivity contribution in [1.29, 1.82) is 0 Å². The fourth-order valence-electron chi connectivity index (χ4n) is 3.57. The lowest BCUT2D eigenvalue weighted by atomic mass is 9.94. The zero-order valence-corrected chi connectivity index (χ0v) is 13.0. The molecule has 2 aliphatic rings. The molecule has 0 N–H and O–H groups in total. The van der Waals surface area contributed by atoms with E-state index in [2.05, 4.69) is 21.5 Å². The van der Waals surface area contributed by atoms with Gasteiger partial charge in [-0.15, -0.1) is 0 Å². The third-order valence-corrected chi connectivity index (χ3v) is 4.81. The highest BCUT2D eigenvalue weighted by atomic mass is 16.2. The quantitative estimate of drug-likeness (QED) is 0.839. The third kappa shape index (κ3) is 3.64. The second-order valence-electron chi connectivity index (χ2n) is 6.49. The number of carbonyl (C=O) groups is 1. The van der Waals surface area contributed by atoms with Gasteiger partial charge in [-0.25, -0.2) is 4.98 Å². The number of rotatable bonds is 4.